The number of benzene rings is 2. The largest absolute Gasteiger partial charge is 0.420 e. The minimum atomic E-state index is -3.74. The fraction of sp³-hybridized carbons (Fsp3) is 0.167. The van der Waals surface area contributed by atoms with Crippen molar-refractivity contribution in [1.82, 2.24) is 4.98 Å². The average molecular weight is 438 g/mol. The summed E-state index contributed by atoms with van der Waals surface area (Å²) in [5.74, 6) is 0.191. The molecule has 152 valence electrons. The zero-order chi connectivity index (χ0) is 21.0. The second kappa shape index (κ2) is 8.75. The molecule has 0 unspecified atom stereocenters. The Kier molecular flexibility index (Phi) is 6.34. The number of hydrogen-bond donors (Lipinski definition) is 1. The lowest BCUT2D eigenvalue weighted by atomic mass is 10.2. The van der Waals surface area contributed by atoms with E-state index >= 15 is 0 Å². The number of rotatable bonds is 8. The van der Waals surface area contributed by atoms with Crippen molar-refractivity contribution in [3.8, 4) is 11.5 Å². The van der Waals surface area contributed by atoms with E-state index < -0.39 is 12.5 Å². The van der Waals surface area contributed by atoms with Crippen LogP contribution in [-0.4, -0.2) is 24.1 Å². The molecule has 1 heterocycles. The Balaban J connectivity index is 1.98. The van der Waals surface area contributed by atoms with Gasteiger partial charge in [0.15, 0.2) is 0 Å². The van der Waals surface area contributed by atoms with Gasteiger partial charge >= 0.3 is 7.60 Å². The van der Waals surface area contributed by atoms with E-state index in [4.69, 9.17) is 25.1 Å². The van der Waals surface area contributed by atoms with Crippen molar-refractivity contribution in [1.29, 1.82) is 0 Å². The van der Waals surface area contributed by atoms with E-state index in [1.54, 1.807) is 6.07 Å². The van der Waals surface area contributed by atoms with Crippen LogP contribution in [0, 0.1) is 10.1 Å². The quantitative estimate of drug-likeness (QED) is 0.308. The van der Waals surface area contributed by atoms with Gasteiger partial charge in [-0.05, 0) is 23.8 Å². The van der Waals surface area contributed by atoms with E-state index in [9.17, 15) is 14.7 Å². The Morgan fingerprint density at radius 2 is 1.83 bits per heavy atom. The summed E-state index contributed by atoms with van der Waals surface area (Å²) in [4.78, 5) is 14.6. The number of nitrogens with one attached hydrogen (secondary N) is 1. The fourth-order valence-electron chi connectivity index (χ4n) is 2.53. The third kappa shape index (κ3) is 4.49. The molecule has 0 aliphatic rings. The highest BCUT2D eigenvalue weighted by Crippen LogP contribution is 2.47. The van der Waals surface area contributed by atoms with E-state index in [0.717, 1.165) is 5.56 Å². The number of oxazole rings is 1. The van der Waals surface area contributed by atoms with Gasteiger partial charge in [0.25, 0.3) is 5.69 Å². The summed E-state index contributed by atoms with van der Waals surface area (Å²) in [6, 6.07) is 12.8. The highest BCUT2D eigenvalue weighted by molar-refractivity contribution is 7.62. The summed E-state index contributed by atoms with van der Waals surface area (Å²) < 4.78 is 28.8. The third-order valence-electron chi connectivity index (χ3n) is 4.07. The maximum Gasteiger partial charge on any atom is 0.384 e. The van der Waals surface area contributed by atoms with Gasteiger partial charge in [0.1, 0.15) is 0 Å². The van der Waals surface area contributed by atoms with E-state index in [2.05, 4.69) is 10.3 Å². The topological polar surface area (TPSA) is 117 Å². The maximum atomic E-state index is 12.9. The maximum absolute atomic E-state index is 12.9. The number of hydrogen-bond acceptors (Lipinski definition) is 8. The molecular formula is C18H17ClN3O6P. The van der Waals surface area contributed by atoms with Crippen LogP contribution in [0.5, 0.6) is 0 Å². The Morgan fingerprint density at radius 1 is 1.17 bits per heavy atom. The monoisotopic (exact) mass is 437 g/mol. The molecule has 0 atom stereocenters. The van der Waals surface area contributed by atoms with E-state index in [1.165, 1.54) is 38.5 Å². The molecule has 11 heteroatoms. The molecule has 29 heavy (non-hydrogen) atoms. The van der Waals surface area contributed by atoms with Crippen molar-refractivity contribution in [2.75, 3.05) is 19.5 Å². The van der Waals surface area contributed by atoms with Crippen molar-refractivity contribution in [3.05, 3.63) is 69.2 Å². The molecule has 0 fully saturated rings. The molecule has 9 nitrogen and oxygen atoms in total. The minimum absolute atomic E-state index is 0.0390. The summed E-state index contributed by atoms with van der Waals surface area (Å²) in [7, 11) is -1.26. The van der Waals surface area contributed by atoms with Gasteiger partial charge in [-0.2, -0.15) is 4.98 Å². The highest BCUT2D eigenvalue weighted by Gasteiger charge is 2.34. The number of nitro benzene ring substituents is 1. The first-order valence-electron chi connectivity index (χ1n) is 8.33. The van der Waals surface area contributed by atoms with Crippen LogP contribution in [0.1, 0.15) is 5.56 Å². The van der Waals surface area contributed by atoms with Crippen molar-refractivity contribution in [3.63, 3.8) is 0 Å². The van der Waals surface area contributed by atoms with Crippen LogP contribution in [0.4, 0.5) is 11.6 Å². The van der Waals surface area contributed by atoms with Crippen LogP contribution in [0.3, 0.4) is 0 Å². The molecule has 2 aromatic carbocycles. The first-order valence-corrected chi connectivity index (χ1v) is 10.2. The van der Waals surface area contributed by atoms with Gasteiger partial charge in [0.2, 0.25) is 17.2 Å². The van der Waals surface area contributed by atoms with E-state index in [0.29, 0.717) is 10.6 Å². The summed E-state index contributed by atoms with van der Waals surface area (Å²) >= 11 is 6.17. The first-order chi connectivity index (χ1) is 13.9. The van der Waals surface area contributed by atoms with Gasteiger partial charge in [-0.1, -0.05) is 29.8 Å². The Hall–Kier alpha value is -2.71. The van der Waals surface area contributed by atoms with Gasteiger partial charge in [0, 0.05) is 43.5 Å². The molecule has 1 aromatic heterocycles. The predicted molar refractivity (Wildman–Crippen MR) is 109 cm³/mol. The Labute approximate surface area is 171 Å². The zero-order valence-corrected chi connectivity index (χ0v) is 17.1. The van der Waals surface area contributed by atoms with Gasteiger partial charge in [-0.3, -0.25) is 14.7 Å². The number of aromatic nitrogens is 1. The molecular weight excluding hydrogens is 421 g/mol. The van der Waals surface area contributed by atoms with Crippen LogP contribution in [0.25, 0.3) is 11.5 Å². The number of anilines is 1. The predicted octanol–water partition coefficient (Wildman–Crippen LogP) is 4.63. The highest BCUT2D eigenvalue weighted by atomic mass is 35.5. The molecule has 0 aliphatic carbocycles. The number of nitro groups is 1. The van der Waals surface area contributed by atoms with Crippen molar-refractivity contribution >= 4 is 36.2 Å². The van der Waals surface area contributed by atoms with Crippen LogP contribution in [0.15, 0.2) is 52.9 Å². The van der Waals surface area contributed by atoms with E-state index in [-0.39, 0.29) is 29.4 Å². The molecule has 0 spiro atoms. The molecule has 0 saturated heterocycles. The Bertz CT molecular complexity index is 1060. The lowest BCUT2D eigenvalue weighted by Gasteiger charge is -2.12. The van der Waals surface area contributed by atoms with Crippen molar-refractivity contribution in [2.45, 2.75) is 6.54 Å². The summed E-state index contributed by atoms with van der Waals surface area (Å²) in [5.41, 5.74) is 1.14. The summed E-state index contributed by atoms with van der Waals surface area (Å²) in [5, 5.41) is 14.4. The number of non-ortho nitro benzene ring substituents is 1. The molecule has 3 aromatic rings. The summed E-state index contributed by atoms with van der Waals surface area (Å²) in [6.07, 6.45) is 0. The van der Waals surface area contributed by atoms with Crippen molar-refractivity contribution < 1.29 is 23.0 Å². The lowest BCUT2D eigenvalue weighted by Crippen LogP contribution is -2.15. The van der Waals surface area contributed by atoms with Crippen LogP contribution in [-0.2, 0) is 20.2 Å². The third-order valence-corrected chi connectivity index (χ3v) is 6.22. The van der Waals surface area contributed by atoms with Gasteiger partial charge in [0.05, 0.1) is 4.92 Å². The molecule has 0 bridgehead atoms. The average Bonchev–Trinajstić information content (AvgIpc) is 3.17. The molecule has 0 amide bonds. The SMILES string of the molecule is COP(=O)(OC)c1nc(-c2ccc([N+](=O)[O-])cc2)oc1NCc1ccccc1Cl. The normalized spacial score (nSPS) is 11.4. The fourth-order valence-corrected chi connectivity index (χ4v) is 3.81. The van der Waals surface area contributed by atoms with Crippen LogP contribution >= 0.6 is 19.2 Å². The molecule has 3 rings (SSSR count). The minimum Gasteiger partial charge on any atom is -0.420 e. The molecule has 0 saturated carbocycles. The van der Waals surface area contributed by atoms with E-state index in [1.807, 2.05) is 18.2 Å². The smallest absolute Gasteiger partial charge is 0.384 e. The van der Waals surface area contributed by atoms with Crippen molar-refractivity contribution in [2.24, 2.45) is 0 Å². The van der Waals surface area contributed by atoms with Crippen LogP contribution < -0.4 is 10.8 Å². The lowest BCUT2D eigenvalue weighted by molar-refractivity contribution is -0.384. The van der Waals surface area contributed by atoms with Gasteiger partial charge < -0.3 is 18.8 Å². The number of nitrogens with zero attached hydrogens (tertiary/aromatic N) is 2. The molecule has 0 radical (unpaired) electrons. The van der Waals surface area contributed by atoms with Gasteiger partial charge in [-0.15, -0.1) is 0 Å². The second-order valence-corrected chi connectivity index (χ2v) is 8.34. The molecule has 0 aliphatic heterocycles. The van der Waals surface area contributed by atoms with Crippen LogP contribution in [0.2, 0.25) is 5.02 Å². The Morgan fingerprint density at radius 3 is 2.41 bits per heavy atom. The zero-order valence-electron chi connectivity index (χ0n) is 15.5. The standard InChI is InChI=1S/C18H17ClN3O6P/c1-26-29(25,27-2)18-17(20-11-13-5-3-4-6-15(13)19)28-16(21-18)12-7-9-14(10-8-12)22(23)24/h3-10,20H,11H2,1-2H3. The molecule has 1 N–H and O–H groups in total. The van der Waals surface area contributed by atoms with Gasteiger partial charge in [-0.25, -0.2) is 0 Å². The summed E-state index contributed by atoms with van der Waals surface area (Å²) in [6.45, 7) is 0.273. The second-order valence-electron chi connectivity index (χ2n) is 5.78. The number of halogens is 1. The first kappa shape index (κ1) is 21.0.